The van der Waals surface area contributed by atoms with Crippen molar-refractivity contribution in [3.05, 3.63) is 62.6 Å². The predicted octanol–water partition coefficient (Wildman–Crippen LogP) is 6.89. The van der Waals surface area contributed by atoms with Gasteiger partial charge in [-0.1, -0.05) is 79.8 Å². The van der Waals surface area contributed by atoms with E-state index in [0.29, 0.717) is 0 Å². The van der Waals surface area contributed by atoms with E-state index < -0.39 is 24.5 Å². The van der Waals surface area contributed by atoms with E-state index in [9.17, 15) is 18.0 Å². The zero-order chi connectivity index (χ0) is 22.4. The molecule has 3 rings (SSSR count). The Balaban J connectivity index is 1.99. The summed E-state index contributed by atoms with van der Waals surface area (Å²) in [7, 11) is 0. The summed E-state index contributed by atoms with van der Waals surface area (Å²) in [5.74, 6) is -3.30. The maximum atomic E-state index is 13.5. The third kappa shape index (κ3) is 4.72. The number of nitrogens with zero attached hydrogens (tertiary/aromatic N) is 2. The van der Waals surface area contributed by atoms with Crippen molar-refractivity contribution in [1.82, 2.24) is 5.01 Å². The van der Waals surface area contributed by atoms with Crippen LogP contribution in [0.2, 0.25) is 15.1 Å². The van der Waals surface area contributed by atoms with E-state index in [1.807, 2.05) is 24.3 Å². The lowest BCUT2D eigenvalue weighted by atomic mass is 9.87. The monoisotopic (exact) mass is 478 g/mol. The molecule has 30 heavy (non-hydrogen) atoms. The number of rotatable bonds is 3. The number of benzene rings is 2. The Labute approximate surface area is 188 Å². The fourth-order valence-electron chi connectivity index (χ4n) is 3.35. The highest BCUT2D eigenvalue weighted by molar-refractivity contribution is 6.42. The number of alkyl halides is 3. The summed E-state index contributed by atoms with van der Waals surface area (Å²) < 4.78 is 40.5. The van der Waals surface area contributed by atoms with E-state index in [1.165, 1.54) is 17.1 Å². The SMILES string of the molecule is CC(C)(C)c1ccc(CN2CC(C(F)(F)F)C(=O)N2c2c(Cl)cc(Cl)cc2Cl)cc1. The minimum absolute atomic E-state index is 0.00300. The van der Waals surface area contributed by atoms with Gasteiger partial charge in [0.25, 0.3) is 5.91 Å². The number of hydrazine groups is 1. The average molecular weight is 480 g/mol. The molecule has 1 aliphatic heterocycles. The number of carbonyl (C=O) groups is 1. The van der Waals surface area contributed by atoms with Crippen LogP contribution in [0.5, 0.6) is 0 Å². The second-order valence-electron chi connectivity index (χ2n) is 8.26. The maximum Gasteiger partial charge on any atom is 0.401 e. The molecule has 0 saturated carbocycles. The number of carbonyl (C=O) groups excluding carboxylic acids is 1. The molecule has 1 amide bonds. The first kappa shape index (κ1) is 23.2. The quantitative estimate of drug-likeness (QED) is 0.479. The van der Waals surface area contributed by atoms with Crippen LogP contribution in [0.1, 0.15) is 31.9 Å². The first-order valence-electron chi connectivity index (χ1n) is 9.18. The Morgan fingerprint density at radius 3 is 2.00 bits per heavy atom. The fourth-order valence-corrected chi connectivity index (χ4v) is 4.32. The van der Waals surface area contributed by atoms with Gasteiger partial charge in [0.05, 0.1) is 15.7 Å². The van der Waals surface area contributed by atoms with Crippen LogP contribution < -0.4 is 5.01 Å². The predicted molar refractivity (Wildman–Crippen MR) is 114 cm³/mol. The lowest BCUT2D eigenvalue weighted by Crippen LogP contribution is -2.39. The molecule has 1 atom stereocenters. The van der Waals surface area contributed by atoms with Crippen LogP contribution in [0.3, 0.4) is 0 Å². The molecule has 0 radical (unpaired) electrons. The van der Waals surface area contributed by atoms with Gasteiger partial charge >= 0.3 is 6.18 Å². The summed E-state index contributed by atoms with van der Waals surface area (Å²) in [6, 6.07) is 10.2. The molecule has 9 heteroatoms. The topological polar surface area (TPSA) is 23.6 Å². The number of halogens is 6. The van der Waals surface area contributed by atoms with Crippen molar-refractivity contribution in [2.45, 2.75) is 38.9 Å². The molecule has 1 fully saturated rings. The molecule has 1 aliphatic rings. The Hall–Kier alpha value is -1.47. The third-order valence-electron chi connectivity index (χ3n) is 4.96. The summed E-state index contributed by atoms with van der Waals surface area (Å²) in [5, 5.41) is 2.45. The highest BCUT2D eigenvalue weighted by Gasteiger charge is 2.54. The fraction of sp³-hybridized carbons (Fsp3) is 0.381. The number of hydrogen-bond donors (Lipinski definition) is 0. The van der Waals surface area contributed by atoms with Crippen LogP contribution in [-0.4, -0.2) is 23.6 Å². The standard InChI is InChI=1S/C21H20Cl3F3N2O/c1-20(2,3)13-6-4-12(5-7-13)10-28-11-15(21(25,26)27)19(30)29(28)18-16(23)8-14(22)9-17(18)24/h4-9,15H,10-11H2,1-3H3. The van der Waals surface area contributed by atoms with E-state index in [-0.39, 0.29) is 32.7 Å². The lowest BCUT2D eigenvalue weighted by Gasteiger charge is -2.29. The molecule has 0 spiro atoms. The Kier molecular flexibility index (Phi) is 6.36. The van der Waals surface area contributed by atoms with Gasteiger partial charge in [-0.15, -0.1) is 0 Å². The van der Waals surface area contributed by atoms with Crippen LogP contribution in [0.25, 0.3) is 0 Å². The van der Waals surface area contributed by atoms with Gasteiger partial charge in [-0.2, -0.15) is 13.2 Å². The summed E-state index contributed by atoms with van der Waals surface area (Å²) in [6.07, 6.45) is -4.69. The van der Waals surface area contributed by atoms with Gasteiger partial charge in [0, 0.05) is 18.1 Å². The van der Waals surface area contributed by atoms with Crippen molar-refractivity contribution in [3.8, 4) is 0 Å². The first-order chi connectivity index (χ1) is 13.8. The van der Waals surface area contributed by atoms with Crippen molar-refractivity contribution < 1.29 is 18.0 Å². The Morgan fingerprint density at radius 2 is 1.53 bits per heavy atom. The highest BCUT2D eigenvalue weighted by atomic mass is 35.5. The molecule has 2 aromatic rings. The minimum atomic E-state index is -4.69. The highest BCUT2D eigenvalue weighted by Crippen LogP contribution is 2.43. The number of amides is 1. The molecule has 3 nitrogen and oxygen atoms in total. The van der Waals surface area contributed by atoms with Crippen LogP contribution >= 0.6 is 34.8 Å². The molecular formula is C21H20Cl3F3N2O. The molecule has 0 aromatic heterocycles. The van der Waals surface area contributed by atoms with Crippen LogP contribution in [0, 0.1) is 5.92 Å². The second kappa shape index (κ2) is 8.23. The van der Waals surface area contributed by atoms with Gasteiger partial charge in [0.1, 0.15) is 5.92 Å². The van der Waals surface area contributed by atoms with E-state index in [4.69, 9.17) is 34.8 Å². The Bertz CT molecular complexity index is 932. The summed E-state index contributed by atoms with van der Waals surface area (Å²) in [4.78, 5) is 12.7. The van der Waals surface area contributed by atoms with Gasteiger partial charge in [-0.25, -0.2) is 10.0 Å². The molecule has 0 bridgehead atoms. The van der Waals surface area contributed by atoms with Crippen molar-refractivity contribution in [3.63, 3.8) is 0 Å². The van der Waals surface area contributed by atoms with Gasteiger partial charge in [-0.3, -0.25) is 4.79 Å². The van der Waals surface area contributed by atoms with Gasteiger partial charge in [0.15, 0.2) is 0 Å². The van der Waals surface area contributed by atoms with Gasteiger partial charge < -0.3 is 0 Å². The smallest absolute Gasteiger partial charge is 0.272 e. The summed E-state index contributed by atoms with van der Waals surface area (Å²) >= 11 is 18.3. The Morgan fingerprint density at radius 1 is 1.00 bits per heavy atom. The number of hydrogen-bond acceptors (Lipinski definition) is 2. The largest absolute Gasteiger partial charge is 0.401 e. The van der Waals surface area contributed by atoms with Gasteiger partial charge in [0.2, 0.25) is 0 Å². The van der Waals surface area contributed by atoms with Crippen LogP contribution in [0.4, 0.5) is 18.9 Å². The van der Waals surface area contributed by atoms with Crippen molar-refractivity contribution in [2.24, 2.45) is 5.92 Å². The third-order valence-corrected chi connectivity index (χ3v) is 5.75. The second-order valence-corrected chi connectivity index (χ2v) is 9.51. The van der Waals surface area contributed by atoms with E-state index in [1.54, 1.807) is 0 Å². The molecule has 1 saturated heterocycles. The van der Waals surface area contributed by atoms with Crippen LogP contribution in [-0.2, 0) is 16.8 Å². The maximum absolute atomic E-state index is 13.5. The summed E-state index contributed by atoms with van der Waals surface area (Å²) in [5.41, 5.74) is 1.79. The molecule has 1 heterocycles. The van der Waals surface area contributed by atoms with Crippen LogP contribution in [0.15, 0.2) is 36.4 Å². The van der Waals surface area contributed by atoms with Gasteiger partial charge in [-0.05, 0) is 28.7 Å². The normalized spacial score (nSPS) is 18.4. The van der Waals surface area contributed by atoms with E-state index in [0.717, 1.165) is 16.1 Å². The average Bonchev–Trinajstić information content (AvgIpc) is 2.91. The molecule has 162 valence electrons. The van der Waals surface area contributed by atoms with Crippen molar-refractivity contribution in [2.75, 3.05) is 11.6 Å². The minimum Gasteiger partial charge on any atom is -0.272 e. The van der Waals surface area contributed by atoms with E-state index in [2.05, 4.69) is 20.8 Å². The first-order valence-corrected chi connectivity index (χ1v) is 10.3. The molecular weight excluding hydrogens is 460 g/mol. The molecule has 0 aliphatic carbocycles. The van der Waals surface area contributed by atoms with Crippen molar-refractivity contribution in [1.29, 1.82) is 0 Å². The number of anilines is 1. The zero-order valence-corrected chi connectivity index (χ0v) is 18.8. The summed E-state index contributed by atoms with van der Waals surface area (Å²) in [6.45, 7) is 5.76. The van der Waals surface area contributed by atoms with Crippen molar-refractivity contribution >= 4 is 46.4 Å². The van der Waals surface area contributed by atoms with E-state index >= 15 is 0 Å². The zero-order valence-electron chi connectivity index (χ0n) is 16.5. The molecule has 0 N–H and O–H groups in total. The lowest BCUT2D eigenvalue weighted by molar-refractivity contribution is -0.175. The molecule has 1 unspecified atom stereocenters. The molecule has 2 aromatic carbocycles.